The molecule has 0 aliphatic carbocycles. The minimum atomic E-state index is -0.654. The van der Waals surface area contributed by atoms with E-state index in [2.05, 4.69) is 20.5 Å². The van der Waals surface area contributed by atoms with Gasteiger partial charge in [0.15, 0.2) is 0 Å². The average Bonchev–Trinajstić information content (AvgIpc) is 2.47. The number of rotatable bonds is 5. The molecule has 3 N–H and O–H groups in total. The summed E-state index contributed by atoms with van der Waals surface area (Å²) in [5, 5.41) is 14.9. The highest BCUT2D eigenvalue weighted by Crippen LogP contribution is 2.26. The van der Waals surface area contributed by atoms with Gasteiger partial charge in [-0.2, -0.15) is 5.10 Å². The Morgan fingerprint density at radius 2 is 1.96 bits per heavy atom. The Hall–Kier alpha value is -2.94. The monoisotopic (exact) mass is 337 g/mol. The molecule has 23 heavy (non-hydrogen) atoms. The number of nitrogens with two attached hydrogens (primary N) is 1. The lowest BCUT2D eigenvalue weighted by atomic mass is 10.2. The SMILES string of the molecule is CN(C)c1ccc(/C=N/Nc2ncnc(N)c2[N+](=O)[O-])cc1.Cl. The third-order valence-corrected chi connectivity index (χ3v) is 2.83. The first-order chi connectivity index (χ1) is 10.5. The van der Waals surface area contributed by atoms with Gasteiger partial charge < -0.3 is 10.6 Å². The van der Waals surface area contributed by atoms with Crippen LogP contribution in [-0.2, 0) is 0 Å². The highest BCUT2D eigenvalue weighted by molar-refractivity contribution is 5.85. The van der Waals surface area contributed by atoms with Crippen molar-refractivity contribution < 1.29 is 4.92 Å². The topological polar surface area (TPSA) is 123 Å². The van der Waals surface area contributed by atoms with Gasteiger partial charge in [-0.25, -0.2) is 9.97 Å². The zero-order valence-electron chi connectivity index (χ0n) is 12.5. The van der Waals surface area contributed by atoms with Crippen LogP contribution in [0.1, 0.15) is 5.56 Å². The number of hydrazone groups is 1. The van der Waals surface area contributed by atoms with Gasteiger partial charge in [-0.1, -0.05) is 12.1 Å². The molecule has 1 aromatic heterocycles. The predicted octanol–water partition coefficient (Wildman–Crippen LogP) is 1.90. The van der Waals surface area contributed by atoms with Crippen molar-refractivity contribution in [3.05, 3.63) is 46.3 Å². The van der Waals surface area contributed by atoms with Crippen LogP contribution in [0.3, 0.4) is 0 Å². The number of aromatic nitrogens is 2. The molecule has 10 heteroatoms. The van der Waals surface area contributed by atoms with Crippen LogP contribution in [0.5, 0.6) is 0 Å². The van der Waals surface area contributed by atoms with Crippen molar-refractivity contribution in [1.29, 1.82) is 0 Å². The van der Waals surface area contributed by atoms with Crippen LogP contribution in [0.25, 0.3) is 0 Å². The second kappa shape index (κ2) is 7.90. The summed E-state index contributed by atoms with van der Waals surface area (Å²) >= 11 is 0. The maximum absolute atomic E-state index is 10.9. The molecular weight excluding hydrogens is 322 g/mol. The fourth-order valence-corrected chi connectivity index (χ4v) is 1.68. The fourth-order valence-electron chi connectivity index (χ4n) is 1.68. The van der Waals surface area contributed by atoms with Gasteiger partial charge in [-0.3, -0.25) is 15.5 Å². The van der Waals surface area contributed by atoms with Crippen molar-refractivity contribution in [2.75, 3.05) is 30.2 Å². The van der Waals surface area contributed by atoms with E-state index >= 15 is 0 Å². The molecule has 9 nitrogen and oxygen atoms in total. The van der Waals surface area contributed by atoms with Gasteiger partial charge in [-0.05, 0) is 17.7 Å². The lowest BCUT2D eigenvalue weighted by Gasteiger charge is -2.11. The molecule has 122 valence electrons. The molecule has 0 radical (unpaired) electrons. The normalized spacial score (nSPS) is 10.2. The van der Waals surface area contributed by atoms with Crippen LogP contribution in [0.4, 0.5) is 23.0 Å². The number of hydrogen-bond acceptors (Lipinski definition) is 8. The van der Waals surface area contributed by atoms with Crippen molar-refractivity contribution in [3.63, 3.8) is 0 Å². The smallest absolute Gasteiger partial charge is 0.354 e. The van der Waals surface area contributed by atoms with E-state index in [0.29, 0.717) is 0 Å². The number of nitrogens with zero attached hydrogens (tertiary/aromatic N) is 5. The van der Waals surface area contributed by atoms with E-state index in [4.69, 9.17) is 5.73 Å². The summed E-state index contributed by atoms with van der Waals surface area (Å²) in [4.78, 5) is 19.6. The van der Waals surface area contributed by atoms with Gasteiger partial charge in [0.1, 0.15) is 6.33 Å². The molecule has 0 unspecified atom stereocenters. The summed E-state index contributed by atoms with van der Waals surface area (Å²) in [6, 6.07) is 7.63. The van der Waals surface area contributed by atoms with Crippen LogP contribution >= 0.6 is 12.4 Å². The number of nitro groups is 1. The van der Waals surface area contributed by atoms with E-state index in [-0.39, 0.29) is 24.0 Å². The van der Waals surface area contributed by atoms with Gasteiger partial charge in [0.05, 0.1) is 11.1 Å². The molecule has 0 aliphatic rings. The maximum atomic E-state index is 10.9. The maximum Gasteiger partial charge on any atom is 0.354 e. The third-order valence-electron chi connectivity index (χ3n) is 2.83. The molecule has 2 rings (SSSR count). The van der Waals surface area contributed by atoms with Crippen molar-refractivity contribution in [1.82, 2.24) is 9.97 Å². The summed E-state index contributed by atoms with van der Waals surface area (Å²) < 4.78 is 0. The number of benzene rings is 1. The van der Waals surface area contributed by atoms with Crippen molar-refractivity contribution >= 4 is 41.6 Å². The Labute approximate surface area is 138 Å². The average molecular weight is 338 g/mol. The molecule has 0 bridgehead atoms. The molecule has 0 saturated carbocycles. The molecule has 1 heterocycles. The van der Waals surface area contributed by atoms with Gasteiger partial charge in [0.2, 0.25) is 11.6 Å². The first kappa shape index (κ1) is 18.1. The molecule has 2 aromatic rings. The van der Waals surface area contributed by atoms with Gasteiger partial charge in [0, 0.05) is 19.8 Å². The van der Waals surface area contributed by atoms with Crippen molar-refractivity contribution in [2.24, 2.45) is 5.10 Å². The quantitative estimate of drug-likeness (QED) is 0.485. The number of hydrogen-bond donors (Lipinski definition) is 2. The van der Waals surface area contributed by atoms with E-state index in [9.17, 15) is 10.1 Å². The summed E-state index contributed by atoms with van der Waals surface area (Å²) in [6.45, 7) is 0. The summed E-state index contributed by atoms with van der Waals surface area (Å²) in [5.41, 5.74) is 9.46. The number of anilines is 3. The standard InChI is InChI=1S/C13H15N7O2.ClH/c1-19(2)10-5-3-9(4-6-10)7-17-18-13-11(20(21)22)12(14)15-8-16-13;/h3-8H,1-2H3,(H3,14,15,16,18);1H/b17-7+;. The Morgan fingerprint density at radius 3 is 2.52 bits per heavy atom. The van der Waals surface area contributed by atoms with Crippen molar-refractivity contribution in [3.8, 4) is 0 Å². The third kappa shape index (κ3) is 4.51. The highest BCUT2D eigenvalue weighted by atomic mass is 35.5. The summed E-state index contributed by atoms with van der Waals surface area (Å²) in [6.07, 6.45) is 2.66. The predicted molar refractivity (Wildman–Crippen MR) is 92.3 cm³/mol. The fraction of sp³-hybridized carbons (Fsp3) is 0.154. The molecule has 1 aromatic carbocycles. The van der Waals surface area contributed by atoms with Crippen molar-refractivity contribution in [2.45, 2.75) is 0 Å². The first-order valence-corrected chi connectivity index (χ1v) is 6.30. The molecule has 0 spiro atoms. The van der Waals surface area contributed by atoms with E-state index in [0.717, 1.165) is 17.6 Å². The molecule has 0 atom stereocenters. The Bertz CT molecular complexity index is 704. The summed E-state index contributed by atoms with van der Waals surface area (Å²) in [5.74, 6) is -0.272. The number of halogens is 1. The second-order valence-corrected chi connectivity index (χ2v) is 4.57. The van der Waals surface area contributed by atoms with Gasteiger partial charge >= 0.3 is 5.69 Å². The van der Waals surface area contributed by atoms with Gasteiger partial charge in [0.25, 0.3) is 0 Å². The zero-order valence-corrected chi connectivity index (χ0v) is 13.3. The van der Waals surface area contributed by atoms with Crippen LogP contribution in [0, 0.1) is 10.1 Å². The highest BCUT2D eigenvalue weighted by Gasteiger charge is 2.20. The van der Waals surface area contributed by atoms with E-state index in [1.54, 1.807) is 0 Å². The van der Waals surface area contributed by atoms with Crippen LogP contribution in [-0.4, -0.2) is 35.2 Å². The molecule has 0 saturated heterocycles. The first-order valence-electron chi connectivity index (χ1n) is 6.30. The molecule has 0 fully saturated rings. The Balaban J connectivity index is 0.00000264. The van der Waals surface area contributed by atoms with E-state index in [1.165, 1.54) is 6.21 Å². The van der Waals surface area contributed by atoms with Gasteiger partial charge in [-0.15, -0.1) is 12.4 Å². The Kier molecular flexibility index (Phi) is 6.22. The minimum Gasteiger partial charge on any atom is -0.378 e. The molecule has 0 aliphatic heterocycles. The van der Waals surface area contributed by atoms with Crippen LogP contribution in [0.15, 0.2) is 35.7 Å². The number of nitrogens with one attached hydrogen (secondary N) is 1. The van der Waals surface area contributed by atoms with E-state index < -0.39 is 10.6 Å². The van der Waals surface area contributed by atoms with Crippen LogP contribution in [0.2, 0.25) is 0 Å². The van der Waals surface area contributed by atoms with E-state index in [1.807, 2.05) is 43.3 Å². The lowest BCUT2D eigenvalue weighted by molar-refractivity contribution is -0.383. The molecule has 0 amide bonds. The minimum absolute atomic E-state index is 0. The number of nitrogen functional groups attached to an aromatic ring is 1. The molecular formula is C13H16ClN7O2. The summed E-state index contributed by atoms with van der Waals surface area (Å²) in [7, 11) is 3.90. The van der Waals surface area contributed by atoms with Crippen LogP contribution < -0.4 is 16.1 Å². The zero-order chi connectivity index (χ0) is 16.1. The largest absolute Gasteiger partial charge is 0.378 e. The second-order valence-electron chi connectivity index (χ2n) is 4.57. The lowest BCUT2D eigenvalue weighted by Crippen LogP contribution is -2.08. The Morgan fingerprint density at radius 1 is 1.30 bits per heavy atom.